The lowest BCUT2D eigenvalue weighted by molar-refractivity contribution is 0.0645. The van der Waals surface area contributed by atoms with Gasteiger partial charge in [0.05, 0.1) is 6.10 Å². The molecule has 0 saturated heterocycles. The summed E-state index contributed by atoms with van der Waals surface area (Å²) < 4.78 is 0. The Labute approximate surface area is 81.3 Å². The first-order chi connectivity index (χ1) is 6.19. The van der Waals surface area contributed by atoms with Gasteiger partial charge in [-0.2, -0.15) is 0 Å². The number of aliphatic hydroxyl groups excluding tert-OH is 1. The maximum Gasteiger partial charge on any atom is 0.0833 e. The molecule has 13 heavy (non-hydrogen) atoms. The van der Waals surface area contributed by atoms with Crippen LogP contribution in [0.2, 0.25) is 0 Å². The van der Waals surface area contributed by atoms with Crippen LogP contribution in [0.25, 0.3) is 0 Å². The van der Waals surface area contributed by atoms with E-state index in [4.69, 9.17) is 0 Å². The molecule has 80 valence electrons. The molecule has 0 fully saturated rings. The fraction of sp³-hybridized carbons (Fsp3) is 1.00. The Hall–Kier alpha value is -0.160. The first kappa shape index (κ1) is 12.8. The number of hydrogen-bond donors (Lipinski definition) is 3. The summed E-state index contributed by atoms with van der Waals surface area (Å²) in [6.07, 6.45) is 0.626. The van der Waals surface area contributed by atoms with Gasteiger partial charge in [0, 0.05) is 19.1 Å². The van der Waals surface area contributed by atoms with Crippen LogP contribution in [0.4, 0.5) is 0 Å². The van der Waals surface area contributed by atoms with E-state index in [1.807, 2.05) is 19.1 Å². The van der Waals surface area contributed by atoms with Crippen molar-refractivity contribution in [3.05, 3.63) is 0 Å². The Morgan fingerprint density at radius 3 is 2.23 bits per heavy atom. The minimum absolute atomic E-state index is 0.183. The summed E-state index contributed by atoms with van der Waals surface area (Å²) in [6.45, 7) is 5.68. The average molecular weight is 189 g/mol. The van der Waals surface area contributed by atoms with E-state index in [1.165, 1.54) is 0 Å². The summed E-state index contributed by atoms with van der Waals surface area (Å²) in [5.74, 6) is 0. The topological polar surface area (TPSA) is 47.5 Å². The zero-order valence-corrected chi connectivity index (χ0v) is 9.17. The number of nitrogens with zero attached hydrogens (tertiary/aromatic N) is 1. The Bertz CT molecular complexity index is 113. The highest BCUT2D eigenvalue weighted by Crippen LogP contribution is 1.99. The van der Waals surface area contributed by atoms with Gasteiger partial charge in [0.2, 0.25) is 0 Å². The minimum atomic E-state index is -0.317. The van der Waals surface area contributed by atoms with Crippen LogP contribution in [0.1, 0.15) is 20.3 Å². The van der Waals surface area contributed by atoms with Gasteiger partial charge in [-0.25, -0.2) is 5.01 Å². The summed E-state index contributed by atoms with van der Waals surface area (Å²) in [5.41, 5.74) is 3.03. The maximum atomic E-state index is 9.80. The summed E-state index contributed by atoms with van der Waals surface area (Å²) in [7, 11) is 3.75. The molecule has 1 unspecified atom stereocenters. The van der Waals surface area contributed by atoms with Crippen LogP contribution in [0, 0.1) is 0 Å². The third-order valence-electron chi connectivity index (χ3n) is 2.38. The fourth-order valence-corrected chi connectivity index (χ4v) is 1.40. The summed E-state index contributed by atoms with van der Waals surface area (Å²) in [6, 6.07) is 0.183. The molecule has 0 rings (SSSR count). The molecule has 2 atom stereocenters. The predicted octanol–water partition coefficient (Wildman–Crippen LogP) is -0.198. The highest BCUT2D eigenvalue weighted by Gasteiger charge is 2.17. The molecule has 0 aromatic heterocycles. The largest absolute Gasteiger partial charge is 0.390 e. The smallest absolute Gasteiger partial charge is 0.0833 e. The van der Waals surface area contributed by atoms with Crippen molar-refractivity contribution in [2.75, 3.05) is 27.2 Å². The van der Waals surface area contributed by atoms with E-state index in [0.717, 1.165) is 13.0 Å². The van der Waals surface area contributed by atoms with Crippen molar-refractivity contribution in [3.8, 4) is 0 Å². The molecule has 0 bridgehead atoms. The van der Waals surface area contributed by atoms with Crippen molar-refractivity contribution in [1.29, 1.82) is 0 Å². The van der Waals surface area contributed by atoms with E-state index in [2.05, 4.69) is 24.6 Å². The Balaban J connectivity index is 3.87. The lowest BCUT2D eigenvalue weighted by Gasteiger charge is -2.27. The number of aliphatic hydroxyl groups is 1. The van der Waals surface area contributed by atoms with Crippen molar-refractivity contribution >= 4 is 0 Å². The van der Waals surface area contributed by atoms with Crippen LogP contribution in [0.5, 0.6) is 0 Å². The average Bonchev–Trinajstić information content (AvgIpc) is 2.16. The molecule has 0 radical (unpaired) electrons. The number of rotatable bonds is 7. The molecule has 4 nitrogen and oxygen atoms in total. The quantitative estimate of drug-likeness (QED) is 0.486. The van der Waals surface area contributed by atoms with Crippen molar-refractivity contribution in [1.82, 2.24) is 15.8 Å². The molecule has 0 aliphatic heterocycles. The standard InChI is InChI=1S/C9H23N3O/c1-5-8(10-3)9(13)7-12(6-2)11-4/h8-11,13H,5-7H2,1-4H3/t8?,9-/m0/s1. The number of hydrazine groups is 1. The molecule has 0 aromatic carbocycles. The molecular weight excluding hydrogens is 166 g/mol. The highest BCUT2D eigenvalue weighted by atomic mass is 16.3. The van der Waals surface area contributed by atoms with Crippen molar-refractivity contribution < 1.29 is 5.11 Å². The fourth-order valence-electron chi connectivity index (χ4n) is 1.40. The van der Waals surface area contributed by atoms with Gasteiger partial charge >= 0.3 is 0 Å². The van der Waals surface area contributed by atoms with E-state index in [1.54, 1.807) is 0 Å². The maximum absolute atomic E-state index is 9.80. The second kappa shape index (κ2) is 7.26. The second-order valence-corrected chi connectivity index (χ2v) is 3.13. The minimum Gasteiger partial charge on any atom is -0.390 e. The van der Waals surface area contributed by atoms with Gasteiger partial charge in [-0.05, 0) is 20.5 Å². The molecule has 0 saturated carbocycles. The first-order valence-electron chi connectivity index (χ1n) is 4.97. The Morgan fingerprint density at radius 2 is 1.92 bits per heavy atom. The zero-order valence-electron chi connectivity index (χ0n) is 9.17. The third kappa shape index (κ3) is 4.57. The van der Waals surface area contributed by atoms with E-state index >= 15 is 0 Å². The number of nitrogens with one attached hydrogen (secondary N) is 2. The molecule has 0 amide bonds. The molecule has 0 heterocycles. The van der Waals surface area contributed by atoms with E-state index < -0.39 is 0 Å². The van der Waals surface area contributed by atoms with Crippen LogP contribution in [0.3, 0.4) is 0 Å². The Morgan fingerprint density at radius 1 is 1.31 bits per heavy atom. The monoisotopic (exact) mass is 189 g/mol. The molecule has 0 aliphatic rings. The lowest BCUT2D eigenvalue weighted by Crippen LogP contribution is -2.48. The SMILES string of the molecule is CCC(NC)[C@@H](O)CN(CC)NC. The van der Waals surface area contributed by atoms with Crippen molar-refractivity contribution in [2.45, 2.75) is 32.4 Å². The van der Waals surface area contributed by atoms with Crippen LogP contribution in [-0.4, -0.2) is 49.4 Å². The van der Waals surface area contributed by atoms with Gasteiger partial charge in [0.25, 0.3) is 0 Å². The molecule has 4 heteroatoms. The Kier molecular flexibility index (Phi) is 7.17. The third-order valence-corrected chi connectivity index (χ3v) is 2.38. The summed E-state index contributed by atoms with van der Waals surface area (Å²) in [5, 5.41) is 14.9. The lowest BCUT2D eigenvalue weighted by atomic mass is 10.1. The first-order valence-corrected chi connectivity index (χ1v) is 4.97. The van der Waals surface area contributed by atoms with Gasteiger partial charge < -0.3 is 10.4 Å². The predicted molar refractivity (Wildman–Crippen MR) is 55.5 cm³/mol. The van der Waals surface area contributed by atoms with Crippen molar-refractivity contribution in [2.24, 2.45) is 0 Å². The highest BCUT2D eigenvalue weighted by molar-refractivity contribution is 4.74. The van der Waals surface area contributed by atoms with E-state index in [0.29, 0.717) is 6.54 Å². The van der Waals surface area contributed by atoms with Gasteiger partial charge in [-0.1, -0.05) is 13.8 Å². The van der Waals surface area contributed by atoms with E-state index in [-0.39, 0.29) is 12.1 Å². The number of likely N-dealkylation sites (N-methyl/N-ethyl adjacent to an activating group) is 2. The van der Waals surface area contributed by atoms with Crippen LogP contribution in [-0.2, 0) is 0 Å². The number of hydrogen-bond acceptors (Lipinski definition) is 4. The molecule has 3 N–H and O–H groups in total. The van der Waals surface area contributed by atoms with Gasteiger partial charge in [-0.3, -0.25) is 5.43 Å². The van der Waals surface area contributed by atoms with Gasteiger partial charge in [0.15, 0.2) is 0 Å². The molecule has 0 aliphatic carbocycles. The molecule has 0 spiro atoms. The zero-order chi connectivity index (χ0) is 10.3. The summed E-state index contributed by atoms with van der Waals surface area (Å²) in [4.78, 5) is 0. The van der Waals surface area contributed by atoms with Crippen molar-refractivity contribution in [3.63, 3.8) is 0 Å². The second-order valence-electron chi connectivity index (χ2n) is 3.13. The van der Waals surface area contributed by atoms with E-state index in [9.17, 15) is 5.11 Å². The molecular formula is C9H23N3O. The van der Waals surface area contributed by atoms with Crippen LogP contribution >= 0.6 is 0 Å². The summed E-state index contributed by atoms with van der Waals surface area (Å²) >= 11 is 0. The van der Waals surface area contributed by atoms with Crippen LogP contribution in [0.15, 0.2) is 0 Å². The van der Waals surface area contributed by atoms with Gasteiger partial charge in [0.1, 0.15) is 0 Å². The van der Waals surface area contributed by atoms with Gasteiger partial charge in [-0.15, -0.1) is 0 Å². The normalized spacial score (nSPS) is 16.2. The van der Waals surface area contributed by atoms with Crippen LogP contribution < -0.4 is 10.7 Å². The molecule has 0 aromatic rings.